The quantitative estimate of drug-likeness (QED) is 0.719. The fourth-order valence-corrected chi connectivity index (χ4v) is 2.73. The van der Waals surface area contributed by atoms with Gasteiger partial charge in [-0.05, 0) is 44.0 Å². The lowest BCUT2D eigenvalue weighted by molar-refractivity contribution is 0.254. The Balaban J connectivity index is 1.58. The van der Waals surface area contributed by atoms with Gasteiger partial charge in [-0.2, -0.15) is 0 Å². The lowest BCUT2D eigenvalue weighted by Crippen LogP contribution is -2.33. The smallest absolute Gasteiger partial charge is 0.117 e. The van der Waals surface area contributed by atoms with Crippen LogP contribution in [0.15, 0.2) is 22.8 Å². The molecule has 0 unspecified atom stereocenters. The molecule has 0 atom stereocenters. The molecule has 0 radical (unpaired) electrons. The van der Waals surface area contributed by atoms with Crippen LogP contribution in [0.4, 0.5) is 0 Å². The van der Waals surface area contributed by atoms with Crippen LogP contribution < -0.4 is 5.32 Å². The average Bonchev–Trinajstić information content (AvgIpc) is 3.06. The predicted octanol–water partition coefficient (Wildman–Crippen LogP) is 2.88. The molecule has 1 aromatic rings. The van der Waals surface area contributed by atoms with Crippen molar-refractivity contribution in [2.75, 3.05) is 26.2 Å². The van der Waals surface area contributed by atoms with Crippen molar-refractivity contribution in [1.82, 2.24) is 10.2 Å². The topological polar surface area (TPSA) is 28.4 Å². The van der Waals surface area contributed by atoms with Gasteiger partial charge in [0.15, 0.2) is 0 Å². The summed E-state index contributed by atoms with van der Waals surface area (Å²) in [5.41, 5.74) is 0. The normalized spacial score (nSPS) is 16.8. The van der Waals surface area contributed by atoms with E-state index in [9.17, 15) is 0 Å². The molecule has 0 amide bonds. The minimum atomic E-state index is 0.925. The third-order valence-corrected chi connectivity index (χ3v) is 3.92. The van der Waals surface area contributed by atoms with Gasteiger partial charge in [0.25, 0.3) is 0 Å². The predicted molar refractivity (Wildman–Crippen MR) is 74.5 cm³/mol. The summed E-state index contributed by atoms with van der Waals surface area (Å²) in [5.74, 6) is 2.00. The molecular weight excluding hydrogens is 224 g/mol. The molecule has 1 aromatic heterocycles. The van der Waals surface area contributed by atoms with Gasteiger partial charge in [-0.3, -0.25) is 4.90 Å². The summed E-state index contributed by atoms with van der Waals surface area (Å²) in [6.45, 7) is 7.60. The molecule has 2 rings (SSSR count). The molecule has 3 heteroatoms. The first kappa shape index (κ1) is 13.6. The third-order valence-electron chi connectivity index (χ3n) is 3.92. The number of nitrogens with one attached hydrogen (secondary N) is 1. The van der Waals surface area contributed by atoms with E-state index in [0.29, 0.717) is 0 Å². The fourth-order valence-electron chi connectivity index (χ4n) is 2.73. The highest BCUT2D eigenvalue weighted by molar-refractivity contribution is 4.97. The monoisotopic (exact) mass is 250 g/mol. The third kappa shape index (κ3) is 4.46. The Morgan fingerprint density at radius 1 is 1.39 bits per heavy atom. The van der Waals surface area contributed by atoms with Crippen LogP contribution in [0, 0.1) is 5.92 Å². The first-order valence-electron chi connectivity index (χ1n) is 7.34. The Hall–Kier alpha value is -0.800. The summed E-state index contributed by atoms with van der Waals surface area (Å²) in [6, 6.07) is 4.01. The second-order valence-corrected chi connectivity index (χ2v) is 5.30. The molecule has 0 saturated heterocycles. The first-order valence-corrected chi connectivity index (χ1v) is 7.34. The molecule has 0 spiro atoms. The van der Waals surface area contributed by atoms with Gasteiger partial charge in [0, 0.05) is 13.1 Å². The summed E-state index contributed by atoms with van der Waals surface area (Å²) in [7, 11) is 0. The second-order valence-electron chi connectivity index (χ2n) is 5.30. The summed E-state index contributed by atoms with van der Waals surface area (Å²) in [5, 5.41) is 3.60. The Morgan fingerprint density at radius 2 is 2.22 bits per heavy atom. The van der Waals surface area contributed by atoms with Crippen molar-refractivity contribution in [1.29, 1.82) is 0 Å². The van der Waals surface area contributed by atoms with Gasteiger partial charge in [0.1, 0.15) is 5.76 Å². The van der Waals surface area contributed by atoms with Gasteiger partial charge >= 0.3 is 0 Å². The zero-order valence-electron chi connectivity index (χ0n) is 11.5. The van der Waals surface area contributed by atoms with E-state index in [1.807, 2.05) is 6.07 Å². The maximum atomic E-state index is 5.39. The van der Waals surface area contributed by atoms with Crippen LogP contribution in [-0.4, -0.2) is 31.1 Å². The van der Waals surface area contributed by atoms with Gasteiger partial charge in [-0.25, -0.2) is 0 Å². The summed E-state index contributed by atoms with van der Waals surface area (Å²) >= 11 is 0. The van der Waals surface area contributed by atoms with Gasteiger partial charge in [0.05, 0.1) is 12.8 Å². The van der Waals surface area contributed by atoms with Crippen molar-refractivity contribution in [2.24, 2.45) is 5.92 Å². The molecule has 1 aliphatic rings. The average molecular weight is 250 g/mol. The number of likely N-dealkylation sites (N-methyl/N-ethyl adjacent to an activating group) is 1. The van der Waals surface area contributed by atoms with Crippen LogP contribution in [-0.2, 0) is 6.54 Å². The standard InChI is InChI=1S/C15H26N2O/c1-2-17(13-15-8-5-11-18-15)10-9-16-12-14-6-3-4-7-14/h5,8,11,14,16H,2-4,6-7,9-10,12-13H2,1H3. The van der Waals surface area contributed by atoms with Gasteiger partial charge in [-0.1, -0.05) is 19.8 Å². The SMILES string of the molecule is CCN(CCNCC1CCCC1)Cc1ccco1. The molecule has 1 saturated carbocycles. The van der Waals surface area contributed by atoms with E-state index in [4.69, 9.17) is 4.42 Å². The second kappa shape index (κ2) is 7.59. The zero-order chi connectivity index (χ0) is 12.6. The van der Waals surface area contributed by atoms with E-state index in [0.717, 1.165) is 37.9 Å². The fraction of sp³-hybridized carbons (Fsp3) is 0.733. The van der Waals surface area contributed by atoms with E-state index < -0.39 is 0 Å². The molecule has 0 aromatic carbocycles. The number of hydrogen-bond donors (Lipinski definition) is 1. The van der Waals surface area contributed by atoms with E-state index in [2.05, 4.69) is 23.2 Å². The molecule has 1 N–H and O–H groups in total. The highest BCUT2D eigenvalue weighted by Gasteiger charge is 2.14. The number of nitrogens with zero attached hydrogens (tertiary/aromatic N) is 1. The van der Waals surface area contributed by atoms with Crippen molar-refractivity contribution < 1.29 is 4.42 Å². The van der Waals surface area contributed by atoms with E-state index in [-0.39, 0.29) is 0 Å². The van der Waals surface area contributed by atoms with Crippen molar-refractivity contribution in [3.8, 4) is 0 Å². The van der Waals surface area contributed by atoms with Crippen LogP contribution in [0.3, 0.4) is 0 Å². The molecule has 1 heterocycles. The van der Waals surface area contributed by atoms with Crippen LogP contribution in [0.1, 0.15) is 38.4 Å². The maximum absolute atomic E-state index is 5.39. The van der Waals surface area contributed by atoms with Crippen molar-refractivity contribution in [2.45, 2.75) is 39.2 Å². The molecule has 0 aliphatic heterocycles. The Bertz CT molecular complexity index is 304. The maximum Gasteiger partial charge on any atom is 0.117 e. The Kier molecular flexibility index (Phi) is 5.75. The number of rotatable bonds is 8. The molecule has 1 aliphatic carbocycles. The molecule has 0 bridgehead atoms. The molecule has 1 fully saturated rings. The highest BCUT2D eigenvalue weighted by Crippen LogP contribution is 2.23. The molecule has 102 valence electrons. The van der Waals surface area contributed by atoms with Gasteiger partial charge < -0.3 is 9.73 Å². The lowest BCUT2D eigenvalue weighted by Gasteiger charge is -2.20. The zero-order valence-corrected chi connectivity index (χ0v) is 11.5. The molecule has 3 nitrogen and oxygen atoms in total. The first-order chi connectivity index (χ1) is 8.88. The van der Waals surface area contributed by atoms with E-state index >= 15 is 0 Å². The Morgan fingerprint density at radius 3 is 2.89 bits per heavy atom. The van der Waals surface area contributed by atoms with Crippen LogP contribution >= 0.6 is 0 Å². The summed E-state index contributed by atoms with van der Waals surface area (Å²) < 4.78 is 5.39. The summed E-state index contributed by atoms with van der Waals surface area (Å²) in [6.07, 6.45) is 7.48. The van der Waals surface area contributed by atoms with Gasteiger partial charge in [-0.15, -0.1) is 0 Å². The highest BCUT2D eigenvalue weighted by atomic mass is 16.3. The van der Waals surface area contributed by atoms with E-state index in [1.54, 1.807) is 6.26 Å². The van der Waals surface area contributed by atoms with Crippen molar-refractivity contribution in [3.05, 3.63) is 24.2 Å². The molecule has 18 heavy (non-hydrogen) atoms. The van der Waals surface area contributed by atoms with Crippen LogP contribution in [0.25, 0.3) is 0 Å². The van der Waals surface area contributed by atoms with E-state index in [1.165, 1.54) is 32.2 Å². The van der Waals surface area contributed by atoms with Gasteiger partial charge in [0.2, 0.25) is 0 Å². The minimum absolute atomic E-state index is 0.925. The Labute approximate surface area is 111 Å². The van der Waals surface area contributed by atoms with Crippen molar-refractivity contribution >= 4 is 0 Å². The van der Waals surface area contributed by atoms with Crippen LogP contribution in [0.2, 0.25) is 0 Å². The van der Waals surface area contributed by atoms with Crippen LogP contribution in [0.5, 0.6) is 0 Å². The number of furan rings is 1. The number of hydrogen-bond acceptors (Lipinski definition) is 3. The lowest BCUT2D eigenvalue weighted by atomic mass is 10.1. The minimum Gasteiger partial charge on any atom is -0.468 e. The summed E-state index contributed by atoms with van der Waals surface area (Å²) in [4.78, 5) is 2.42. The largest absolute Gasteiger partial charge is 0.468 e. The molecular formula is C15H26N2O. The van der Waals surface area contributed by atoms with Crippen molar-refractivity contribution in [3.63, 3.8) is 0 Å².